The minimum absolute atomic E-state index is 0.0463. The fourth-order valence-corrected chi connectivity index (χ4v) is 7.21. The van der Waals surface area contributed by atoms with Crippen molar-refractivity contribution in [3.05, 3.63) is 46.1 Å². The number of thiophene rings is 1. The molecule has 1 saturated heterocycles. The summed E-state index contributed by atoms with van der Waals surface area (Å²) in [7, 11) is -3.71. The number of carbonyl (C=O) groups is 2. The van der Waals surface area contributed by atoms with Crippen molar-refractivity contribution in [3.63, 3.8) is 0 Å². The Kier molecular flexibility index (Phi) is 6.85. The van der Waals surface area contributed by atoms with Crippen molar-refractivity contribution >= 4 is 38.2 Å². The lowest BCUT2D eigenvalue weighted by Crippen LogP contribution is -2.50. The maximum Gasteiger partial charge on any atom is 0.251 e. The van der Waals surface area contributed by atoms with Crippen LogP contribution in [-0.2, 0) is 27.7 Å². The van der Waals surface area contributed by atoms with Crippen molar-refractivity contribution in [1.82, 2.24) is 9.21 Å². The van der Waals surface area contributed by atoms with E-state index in [0.717, 1.165) is 41.8 Å². The highest BCUT2D eigenvalue weighted by Crippen LogP contribution is 2.39. The molecule has 3 N–H and O–H groups in total. The normalized spacial score (nSPS) is 19.8. The van der Waals surface area contributed by atoms with Crippen molar-refractivity contribution in [3.8, 4) is 0 Å². The largest absolute Gasteiger partial charge is 0.365 e. The molecule has 2 aliphatic rings. The monoisotopic (exact) mass is 494 g/mol. The second-order valence-electron chi connectivity index (χ2n) is 8.60. The molecular formula is C22H27FN4O4S2. The number of sulfonamides is 1. The molecule has 0 unspecified atom stereocenters. The SMILES string of the molecule is C[C@@H]1CCc2c(sc(NC(=O)CN3CCN(S(=O)(=O)c4ccc(F)cc4)CC3)c2C(N)=O)C1. The van der Waals surface area contributed by atoms with Crippen LogP contribution in [0.3, 0.4) is 0 Å². The maximum absolute atomic E-state index is 13.1. The van der Waals surface area contributed by atoms with Crippen LogP contribution in [0.1, 0.15) is 34.1 Å². The van der Waals surface area contributed by atoms with Crippen LogP contribution in [0.4, 0.5) is 9.39 Å². The van der Waals surface area contributed by atoms with Crippen LogP contribution in [-0.4, -0.2) is 62.2 Å². The number of nitrogens with two attached hydrogens (primary N) is 1. The van der Waals surface area contributed by atoms with E-state index in [1.54, 1.807) is 0 Å². The summed E-state index contributed by atoms with van der Waals surface area (Å²) in [6, 6.07) is 4.75. The number of carbonyl (C=O) groups excluding carboxylic acids is 2. The van der Waals surface area contributed by atoms with Gasteiger partial charge in [-0.1, -0.05) is 6.92 Å². The van der Waals surface area contributed by atoms with Crippen LogP contribution in [0.5, 0.6) is 0 Å². The first kappa shape index (κ1) is 23.8. The molecule has 2 heterocycles. The smallest absolute Gasteiger partial charge is 0.251 e. The van der Waals surface area contributed by atoms with Crippen molar-refractivity contribution in [1.29, 1.82) is 0 Å². The molecule has 1 aliphatic carbocycles. The second kappa shape index (κ2) is 9.49. The fraction of sp³-hybridized carbons (Fsp3) is 0.455. The number of fused-ring (bicyclic) bond motifs is 1. The Hall–Kier alpha value is -2.34. The molecule has 1 aromatic carbocycles. The Labute approximate surface area is 196 Å². The van der Waals surface area contributed by atoms with Gasteiger partial charge in [0, 0.05) is 31.1 Å². The van der Waals surface area contributed by atoms with E-state index in [2.05, 4.69) is 12.2 Å². The lowest BCUT2D eigenvalue weighted by Gasteiger charge is -2.33. The van der Waals surface area contributed by atoms with Gasteiger partial charge in [-0.3, -0.25) is 14.5 Å². The quantitative estimate of drug-likeness (QED) is 0.638. The second-order valence-corrected chi connectivity index (χ2v) is 11.6. The molecule has 8 nitrogen and oxygen atoms in total. The Bertz CT molecular complexity index is 1160. The Morgan fingerprint density at radius 1 is 1.18 bits per heavy atom. The van der Waals surface area contributed by atoms with Crippen LogP contribution >= 0.6 is 11.3 Å². The summed E-state index contributed by atoms with van der Waals surface area (Å²) in [5.41, 5.74) is 6.99. The number of halogens is 1. The van der Waals surface area contributed by atoms with Crippen LogP contribution in [0.2, 0.25) is 0 Å². The Morgan fingerprint density at radius 2 is 1.85 bits per heavy atom. The fourth-order valence-electron chi connectivity index (χ4n) is 4.35. The molecule has 0 saturated carbocycles. The van der Waals surface area contributed by atoms with E-state index < -0.39 is 21.7 Å². The molecule has 1 aromatic heterocycles. The first-order valence-corrected chi connectivity index (χ1v) is 13.1. The average Bonchev–Trinajstić information content (AvgIpc) is 3.11. The van der Waals surface area contributed by atoms with Gasteiger partial charge in [-0.15, -0.1) is 11.3 Å². The van der Waals surface area contributed by atoms with E-state index in [9.17, 15) is 22.4 Å². The highest BCUT2D eigenvalue weighted by Gasteiger charge is 2.30. The molecule has 1 atom stereocenters. The number of hydrogen-bond acceptors (Lipinski definition) is 6. The van der Waals surface area contributed by atoms with Gasteiger partial charge in [0.05, 0.1) is 17.0 Å². The number of anilines is 1. The average molecular weight is 495 g/mol. The Balaban J connectivity index is 1.36. The third-order valence-corrected chi connectivity index (χ3v) is 9.24. The first-order chi connectivity index (χ1) is 15.6. The number of primary amides is 1. The van der Waals surface area contributed by atoms with Gasteiger partial charge >= 0.3 is 0 Å². The van der Waals surface area contributed by atoms with Crippen LogP contribution < -0.4 is 11.1 Å². The lowest BCUT2D eigenvalue weighted by molar-refractivity contribution is -0.117. The zero-order valence-corrected chi connectivity index (χ0v) is 20.0. The van der Waals surface area contributed by atoms with Gasteiger partial charge in [0.1, 0.15) is 10.8 Å². The molecule has 1 fully saturated rings. The summed E-state index contributed by atoms with van der Waals surface area (Å²) in [6.07, 6.45) is 2.65. The Morgan fingerprint density at radius 3 is 2.48 bits per heavy atom. The topological polar surface area (TPSA) is 113 Å². The number of rotatable bonds is 6. The number of nitrogens with one attached hydrogen (secondary N) is 1. The van der Waals surface area contributed by atoms with Crippen LogP contribution in [0.25, 0.3) is 0 Å². The van der Waals surface area contributed by atoms with Gasteiger partial charge in [0.2, 0.25) is 15.9 Å². The molecule has 2 aromatic rings. The predicted molar refractivity (Wildman–Crippen MR) is 124 cm³/mol. The van der Waals surface area contributed by atoms with Gasteiger partial charge in [-0.05, 0) is 55.0 Å². The van der Waals surface area contributed by atoms with Crippen molar-refractivity contribution < 1.29 is 22.4 Å². The molecule has 2 amide bonds. The summed E-state index contributed by atoms with van der Waals surface area (Å²) >= 11 is 1.42. The number of nitrogens with zero attached hydrogens (tertiary/aromatic N) is 2. The molecule has 33 heavy (non-hydrogen) atoms. The molecule has 0 bridgehead atoms. The van der Waals surface area contributed by atoms with Crippen LogP contribution in [0.15, 0.2) is 29.2 Å². The third-order valence-electron chi connectivity index (χ3n) is 6.16. The van der Waals surface area contributed by atoms with Crippen molar-refractivity contribution in [2.45, 2.75) is 31.1 Å². The van der Waals surface area contributed by atoms with E-state index in [1.807, 2.05) is 4.90 Å². The predicted octanol–water partition coefficient (Wildman–Crippen LogP) is 2.06. The minimum Gasteiger partial charge on any atom is -0.365 e. The molecule has 1 aliphatic heterocycles. The number of amides is 2. The zero-order chi connectivity index (χ0) is 23.8. The van der Waals surface area contributed by atoms with Gasteiger partial charge in [-0.25, -0.2) is 12.8 Å². The van der Waals surface area contributed by atoms with Crippen LogP contribution in [0, 0.1) is 11.7 Å². The van der Waals surface area contributed by atoms with E-state index in [4.69, 9.17) is 5.73 Å². The van der Waals surface area contributed by atoms with E-state index in [0.29, 0.717) is 29.6 Å². The summed E-state index contributed by atoms with van der Waals surface area (Å²) in [4.78, 5) is 27.8. The highest BCUT2D eigenvalue weighted by atomic mass is 32.2. The highest BCUT2D eigenvalue weighted by molar-refractivity contribution is 7.89. The van der Waals surface area contributed by atoms with E-state index in [-0.39, 0.29) is 30.4 Å². The molecule has 11 heteroatoms. The first-order valence-electron chi connectivity index (χ1n) is 10.9. The summed E-state index contributed by atoms with van der Waals surface area (Å²) in [6.45, 7) is 3.47. The third kappa shape index (κ3) is 5.11. The molecule has 4 rings (SSSR count). The van der Waals surface area contributed by atoms with Gasteiger partial charge in [0.25, 0.3) is 5.91 Å². The number of piperazine rings is 1. The maximum atomic E-state index is 13.1. The molecular weight excluding hydrogens is 467 g/mol. The number of hydrogen-bond donors (Lipinski definition) is 2. The van der Waals surface area contributed by atoms with Gasteiger partial charge < -0.3 is 11.1 Å². The standard InChI is InChI=1S/C22H27FN4O4S2/c1-14-2-7-17-18(12-14)32-22(20(17)21(24)29)25-19(28)13-26-8-10-27(11-9-26)33(30,31)16-5-3-15(23)4-6-16/h3-6,14H,2,7-13H2,1H3,(H2,24,29)(H,25,28)/t14-/m1/s1. The summed E-state index contributed by atoms with van der Waals surface area (Å²) < 4.78 is 40.0. The zero-order valence-electron chi connectivity index (χ0n) is 18.3. The summed E-state index contributed by atoms with van der Waals surface area (Å²) in [5, 5.41) is 3.36. The molecule has 178 valence electrons. The molecule has 0 spiro atoms. The van der Waals surface area contributed by atoms with Gasteiger partial charge in [-0.2, -0.15) is 4.31 Å². The molecule has 0 radical (unpaired) electrons. The number of benzene rings is 1. The van der Waals surface area contributed by atoms with Crippen molar-refractivity contribution in [2.24, 2.45) is 11.7 Å². The minimum atomic E-state index is -3.71. The van der Waals surface area contributed by atoms with Crippen molar-refractivity contribution in [2.75, 3.05) is 38.0 Å². The van der Waals surface area contributed by atoms with E-state index >= 15 is 0 Å². The van der Waals surface area contributed by atoms with E-state index in [1.165, 1.54) is 27.8 Å². The lowest BCUT2D eigenvalue weighted by atomic mass is 9.88. The summed E-state index contributed by atoms with van der Waals surface area (Å²) in [5.74, 6) is -0.760. The van der Waals surface area contributed by atoms with Gasteiger partial charge in [0.15, 0.2) is 0 Å².